The molecule has 31 heavy (non-hydrogen) atoms. The van der Waals surface area contributed by atoms with Gasteiger partial charge < -0.3 is 4.74 Å². The van der Waals surface area contributed by atoms with Gasteiger partial charge in [0.25, 0.3) is 0 Å². The van der Waals surface area contributed by atoms with E-state index >= 15 is 0 Å². The minimum atomic E-state index is -0.770. The molecule has 0 radical (unpaired) electrons. The molecule has 0 amide bonds. The number of carbonyl (C=O) groups is 1. The molecule has 2 aliphatic carbocycles. The zero-order valence-corrected chi connectivity index (χ0v) is 17.4. The van der Waals surface area contributed by atoms with E-state index in [0.717, 1.165) is 0 Å². The summed E-state index contributed by atoms with van der Waals surface area (Å²) in [6.07, 6.45) is -0.459. The lowest BCUT2D eigenvalue weighted by atomic mass is 9.79. The smallest absolute Gasteiger partial charge is 0.404 e. The van der Waals surface area contributed by atoms with Crippen LogP contribution in [0.3, 0.4) is 0 Å². The third-order valence-electron chi connectivity index (χ3n) is 6.65. The van der Waals surface area contributed by atoms with Crippen molar-refractivity contribution in [2.45, 2.75) is 17.9 Å². The number of hydrogen-bond acceptors (Lipinski definition) is 2. The number of ether oxygens (including phenoxy) is 1. The highest BCUT2D eigenvalue weighted by molar-refractivity contribution is 6.61. The van der Waals surface area contributed by atoms with Gasteiger partial charge in [-0.15, -0.1) is 0 Å². The molecule has 0 atom stereocenters. The molecule has 0 saturated heterocycles. The lowest BCUT2D eigenvalue weighted by Crippen LogP contribution is -2.30. The van der Waals surface area contributed by atoms with Crippen molar-refractivity contribution in [3.63, 3.8) is 0 Å². The van der Waals surface area contributed by atoms with Gasteiger partial charge >= 0.3 is 5.43 Å². The van der Waals surface area contributed by atoms with Crippen LogP contribution in [-0.4, -0.2) is 11.5 Å². The minimum Gasteiger partial charge on any atom is -0.448 e. The Morgan fingerprint density at radius 2 is 0.871 bits per heavy atom. The van der Waals surface area contributed by atoms with Crippen molar-refractivity contribution in [3.8, 4) is 22.3 Å². The average Bonchev–Trinajstić information content (AvgIpc) is 3.31. The monoisotopic (exact) mass is 422 g/mol. The van der Waals surface area contributed by atoms with E-state index in [0.29, 0.717) is 0 Å². The van der Waals surface area contributed by atoms with Gasteiger partial charge in [-0.1, -0.05) is 97.1 Å². The predicted molar refractivity (Wildman–Crippen MR) is 124 cm³/mol. The van der Waals surface area contributed by atoms with Crippen molar-refractivity contribution in [2.24, 2.45) is 0 Å². The van der Waals surface area contributed by atoms with Crippen LogP contribution in [0.2, 0.25) is 0 Å². The van der Waals surface area contributed by atoms with Crippen molar-refractivity contribution in [1.82, 2.24) is 0 Å². The van der Waals surface area contributed by atoms with Gasteiger partial charge in [0, 0.05) is 23.4 Å². The van der Waals surface area contributed by atoms with Crippen LogP contribution in [0.25, 0.3) is 22.3 Å². The van der Waals surface area contributed by atoms with Gasteiger partial charge in [0.15, 0.2) is 0 Å². The second kappa shape index (κ2) is 7.11. The largest absolute Gasteiger partial charge is 0.448 e. The average molecular weight is 423 g/mol. The van der Waals surface area contributed by atoms with E-state index in [-0.39, 0.29) is 11.8 Å². The number of carbonyl (C=O) groups excluding carboxylic acids is 1. The lowest BCUT2D eigenvalue weighted by Gasteiger charge is -2.31. The second-order valence-corrected chi connectivity index (χ2v) is 8.43. The Bertz CT molecular complexity index is 1140. The topological polar surface area (TPSA) is 26.3 Å². The van der Waals surface area contributed by atoms with Crippen LogP contribution in [0.4, 0.5) is 4.79 Å². The highest BCUT2D eigenvalue weighted by Gasteiger charge is 2.44. The van der Waals surface area contributed by atoms with Crippen LogP contribution in [0.5, 0.6) is 0 Å². The molecule has 150 valence electrons. The normalized spacial score (nSPS) is 14.1. The summed E-state index contributed by atoms with van der Waals surface area (Å²) in [6, 6.07) is 33.6. The summed E-state index contributed by atoms with van der Waals surface area (Å²) in [5.41, 5.74) is 8.70. The Morgan fingerprint density at radius 3 is 1.16 bits per heavy atom. The third kappa shape index (κ3) is 2.75. The highest BCUT2D eigenvalue weighted by Crippen LogP contribution is 2.54. The zero-order chi connectivity index (χ0) is 20.9. The molecule has 4 aromatic carbocycles. The first-order chi connectivity index (χ1) is 15.2. The summed E-state index contributed by atoms with van der Waals surface area (Å²) < 4.78 is 5.97. The van der Waals surface area contributed by atoms with Gasteiger partial charge in [-0.2, -0.15) is 0 Å². The molecule has 0 N–H and O–H groups in total. The van der Waals surface area contributed by atoms with Crippen LogP contribution in [0.15, 0.2) is 97.1 Å². The second-order valence-electron chi connectivity index (χ2n) is 8.12. The van der Waals surface area contributed by atoms with Crippen molar-refractivity contribution in [2.75, 3.05) is 0 Å². The quantitative estimate of drug-likeness (QED) is 0.322. The number of halogens is 1. The number of benzene rings is 4. The van der Waals surface area contributed by atoms with Crippen molar-refractivity contribution in [3.05, 3.63) is 119 Å². The van der Waals surface area contributed by atoms with E-state index in [2.05, 4.69) is 72.8 Å². The number of rotatable bonds is 3. The molecule has 2 nitrogen and oxygen atoms in total. The van der Waals surface area contributed by atoms with E-state index < -0.39 is 11.5 Å². The molecule has 6 rings (SSSR count). The zero-order valence-electron chi connectivity index (χ0n) is 16.7. The molecule has 0 saturated carbocycles. The van der Waals surface area contributed by atoms with Crippen LogP contribution in [0, 0.1) is 0 Å². The summed E-state index contributed by atoms with van der Waals surface area (Å²) in [5.74, 6) is -0.196. The van der Waals surface area contributed by atoms with Gasteiger partial charge in [0.05, 0.1) is 0 Å². The minimum absolute atomic E-state index is 0.0979. The fourth-order valence-electron chi connectivity index (χ4n) is 5.53. The van der Waals surface area contributed by atoms with Crippen LogP contribution in [-0.2, 0) is 4.74 Å². The van der Waals surface area contributed by atoms with Crippen LogP contribution >= 0.6 is 11.6 Å². The maximum atomic E-state index is 12.2. The Morgan fingerprint density at radius 1 is 0.581 bits per heavy atom. The SMILES string of the molecule is O=C(Cl)OC(C1c2ccccc2-c2ccccc21)C1c2ccccc2-c2ccccc21. The summed E-state index contributed by atoms with van der Waals surface area (Å²) >= 11 is 5.88. The Labute approximate surface area is 186 Å². The maximum Gasteiger partial charge on any atom is 0.404 e. The fourth-order valence-corrected chi connectivity index (χ4v) is 5.64. The Kier molecular flexibility index (Phi) is 4.22. The molecular weight excluding hydrogens is 404 g/mol. The van der Waals surface area contributed by atoms with Gasteiger partial charge in [0.1, 0.15) is 6.10 Å². The third-order valence-corrected chi connectivity index (χ3v) is 6.74. The summed E-state index contributed by atoms with van der Waals surface area (Å²) in [7, 11) is 0. The molecule has 0 unspecified atom stereocenters. The van der Waals surface area contributed by atoms with E-state index in [4.69, 9.17) is 16.3 Å². The molecule has 0 fully saturated rings. The van der Waals surface area contributed by atoms with E-state index in [1.165, 1.54) is 44.5 Å². The lowest BCUT2D eigenvalue weighted by molar-refractivity contribution is 0.101. The van der Waals surface area contributed by atoms with Crippen LogP contribution in [0.1, 0.15) is 34.1 Å². The van der Waals surface area contributed by atoms with Crippen molar-refractivity contribution in [1.29, 1.82) is 0 Å². The molecule has 0 bridgehead atoms. The summed E-state index contributed by atoms with van der Waals surface area (Å²) in [4.78, 5) is 12.2. The van der Waals surface area contributed by atoms with Gasteiger partial charge in [0.2, 0.25) is 0 Å². The van der Waals surface area contributed by atoms with Crippen molar-refractivity contribution < 1.29 is 9.53 Å². The van der Waals surface area contributed by atoms with Gasteiger partial charge in [-0.25, -0.2) is 4.79 Å². The summed E-state index contributed by atoms with van der Waals surface area (Å²) in [5, 5.41) is 0. The van der Waals surface area contributed by atoms with E-state index in [1.807, 2.05) is 24.3 Å². The standard InChI is InChI=1S/C28H19ClO2/c29-28(30)31-27(25-21-13-5-1-9-17(21)18-10-2-6-14-22(18)25)26-23-15-7-3-11-19(23)20-12-4-8-16-24(20)26/h1-16,25-27H. The van der Waals surface area contributed by atoms with Gasteiger partial charge in [-0.3, -0.25) is 0 Å². The molecule has 2 aliphatic rings. The maximum absolute atomic E-state index is 12.2. The van der Waals surface area contributed by atoms with Gasteiger partial charge in [-0.05, 0) is 44.5 Å². The van der Waals surface area contributed by atoms with Crippen molar-refractivity contribution >= 4 is 17.0 Å². The first-order valence-electron chi connectivity index (χ1n) is 10.5. The molecule has 4 aromatic rings. The Hall–Kier alpha value is -3.36. The molecule has 0 aliphatic heterocycles. The molecule has 0 heterocycles. The fraction of sp³-hybridized carbons (Fsp3) is 0.107. The molecule has 0 aromatic heterocycles. The number of fused-ring (bicyclic) bond motifs is 6. The van der Waals surface area contributed by atoms with E-state index in [9.17, 15) is 4.79 Å². The van der Waals surface area contributed by atoms with Crippen LogP contribution < -0.4 is 0 Å². The highest BCUT2D eigenvalue weighted by atomic mass is 35.5. The first-order valence-corrected chi connectivity index (χ1v) is 10.8. The Balaban J connectivity index is 1.60. The molecular formula is C28H19ClO2. The predicted octanol–water partition coefficient (Wildman–Crippen LogP) is 7.36. The first kappa shape index (κ1) is 18.4. The summed E-state index contributed by atoms with van der Waals surface area (Å²) in [6.45, 7) is 0. The molecule has 0 spiro atoms. The molecule has 3 heteroatoms. The van der Waals surface area contributed by atoms with E-state index in [1.54, 1.807) is 0 Å². The number of hydrogen-bond donors (Lipinski definition) is 0.